The van der Waals surface area contributed by atoms with Crippen LogP contribution < -0.4 is 5.73 Å². The lowest BCUT2D eigenvalue weighted by atomic mass is 10.0. The number of ether oxygens (including phenoxy) is 2. The van der Waals surface area contributed by atoms with E-state index in [1.807, 2.05) is 0 Å². The highest BCUT2D eigenvalue weighted by Crippen LogP contribution is 2.43. The van der Waals surface area contributed by atoms with Crippen molar-refractivity contribution in [1.82, 2.24) is 0 Å². The summed E-state index contributed by atoms with van der Waals surface area (Å²) < 4.78 is 32.6. The molecule has 0 spiro atoms. The van der Waals surface area contributed by atoms with Gasteiger partial charge in [0.05, 0.1) is 13.2 Å². The number of hydrogen-bond donors (Lipinski definition) is 2. The summed E-state index contributed by atoms with van der Waals surface area (Å²) in [5.74, 6) is -0.842. The number of hydrogen-bond acceptors (Lipinski definition) is 8. The molecule has 0 saturated heterocycles. The fourth-order valence-corrected chi connectivity index (χ4v) is 5.97. The number of phosphoric ester groups is 1. The first kappa shape index (κ1) is 46.5. The summed E-state index contributed by atoms with van der Waals surface area (Å²) in [5, 5.41) is 0. The van der Waals surface area contributed by atoms with Crippen LogP contribution in [0, 0.1) is 0 Å². The molecule has 0 aromatic heterocycles. The summed E-state index contributed by atoms with van der Waals surface area (Å²) >= 11 is 0. The second kappa shape index (κ2) is 35.3. The number of unbranched alkanes of at least 4 members (excludes halogenated alkanes) is 19. The third-order valence-corrected chi connectivity index (χ3v) is 9.06. The van der Waals surface area contributed by atoms with Crippen LogP contribution in [0.25, 0.3) is 0 Å². The Balaban J connectivity index is 4.22. The number of carbonyl (C=O) groups excluding carboxylic acids is 2. The number of nitrogens with two attached hydrogens (primary N) is 1. The highest BCUT2D eigenvalue weighted by molar-refractivity contribution is 7.47. The molecule has 0 saturated carbocycles. The van der Waals surface area contributed by atoms with E-state index in [0.29, 0.717) is 6.42 Å². The Morgan fingerprint density at radius 1 is 0.625 bits per heavy atom. The van der Waals surface area contributed by atoms with E-state index in [-0.39, 0.29) is 38.6 Å². The molecule has 0 radical (unpaired) electrons. The normalized spacial score (nSPS) is 13.7. The quantitative estimate of drug-likeness (QED) is 0.0283. The van der Waals surface area contributed by atoms with Crippen LogP contribution in [-0.4, -0.2) is 49.3 Å². The van der Waals surface area contributed by atoms with E-state index >= 15 is 0 Å². The molecule has 0 bridgehead atoms. The monoisotopic (exact) mass is 701 g/mol. The van der Waals surface area contributed by atoms with Crippen molar-refractivity contribution in [2.24, 2.45) is 5.73 Å². The van der Waals surface area contributed by atoms with Gasteiger partial charge in [0, 0.05) is 19.4 Å². The van der Waals surface area contributed by atoms with E-state index in [4.69, 9.17) is 24.3 Å². The Labute approximate surface area is 293 Å². The topological polar surface area (TPSA) is 134 Å². The second-order valence-corrected chi connectivity index (χ2v) is 14.3. The first-order valence-corrected chi connectivity index (χ1v) is 20.8. The zero-order chi connectivity index (χ0) is 35.4. The standard InChI is InChI=1S/C38H72NO8P/c1-3-5-7-9-11-13-15-17-19-20-22-24-26-28-30-37(40)44-34-36(35-46-48(42,43)45-33-32-39)47-38(41)31-29-27-25-23-21-18-16-14-12-10-8-6-4-2/h8,10,14,16,36H,3-7,9,11-13,15,17-35,39H2,1-2H3,(H,42,43)/b10-8-,16-14-. The summed E-state index contributed by atoms with van der Waals surface area (Å²) in [7, 11) is -4.37. The summed E-state index contributed by atoms with van der Waals surface area (Å²) in [6, 6.07) is 0. The van der Waals surface area contributed by atoms with Gasteiger partial charge in [-0.15, -0.1) is 0 Å². The summed E-state index contributed by atoms with van der Waals surface area (Å²) in [5.41, 5.74) is 5.33. The Bertz CT molecular complexity index is 851. The van der Waals surface area contributed by atoms with Crippen molar-refractivity contribution < 1.29 is 37.6 Å². The maximum absolute atomic E-state index is 12.5. The smallest absolute Gasteiger partial charge is 0.462 e. The minimum atomic E-state index is -4.37. The van der Waals surface area contributed by atoms with Gasteiger partial charge in [-0.2, -0.15) is 0 Å². The predicted octanol–water partition coefficient (Wildman–Crippen LogP) is 10.4. The van der Waals surface area contributed by atoms with Crippen LogP contribution in [0.15, 0.2) is 24.3 Å². The molecule has 0 amide bonds. The molecule has 0 heterocycles. The zero-order valence-corrected chi connectivity index (χ0v) is 31.6. The molecule has 0 aliphatic rings. The third-order valence-electron chi connectivity index (χ3n) is 8.07. The zero-order valence-electron chi connectivity index (χ0n) is 30.7. The first-order valence-electron chi connectivity index (χ1n) is 19.3. The van der Waals surface area contributed by atoms with Crippen molar-refractivity contribution in [3.05, 3.63) is 24.3 Å². The summed E-state index contributed by atoms with van der Waals surface area (Å²) in [4.78, 5) is 34.7. The maximum Gasteiger partial charge on any atom is 0.472 e. The van der Waals surface area contributed by atoms with E-state index in [1.165, 1.54) is 77.0 Å². The minimum absolute atomic E-state index is 0.0522. The molecule has 282 valence electrons. The lowest BCUT2D eigenvalue weighted by Gasteiger charge is -2.19. The summed E-state index contributed by atoms with van der Waals surface area (Å²) in [6.07, 6.45) is 34.9. The van der Waals surface area contributed by atoms with Crippen LogP contribution in [0.5, 0.6) is 0 Å². The fraction of sp³-hybridized carbons (Fsp3) is 0.842. The highest BCUT2D eigenvalue weighted by atomic mass is 31.2. The van der Waals surface area contributed by atoms with E-state index in [9.17, 15) is 19.0 Å². The molecule has 3 N–H and O–H groups in total. The fourth-order valence-electron chi connectivity index (χ4n) is 5.20. The Hall–Kier alpha value is -1.51. The van der Waals surface area contributed by atoms with Gasteiger partial charge < -0.3 is 20.1 Å². The molecule has 2 unspecified atom stereocenters. The van der Waals surface area contributed by atoms with Crippen molar-refractivity contribution >= 4 is 19.8 Å². The van der Waals surface area contributed by atoms with Gasteiger partial charge in [0.1, 0.15) is 6.61 Å². The number of carbonyl (C=O) groups is 2. The molecule has 0 aromatic carbocycles. The van der Waals surface area contributed by atoms with E-state index in [1.54, 1.807) is 0 Å². The average molecular weight is 702 g/mol. The van der Waals surface area contributed by atoms with E-state index in [2.05, 4.69) is 38.2 Å². The van der Waals surface area contributed by atoms with Gasteiger partial charge in [0.25, 0.3) is 0 Å². The number of allylic oxidation sites excluding steroid dienone is 4. The number of rotatable bonds is 36. The van der Waals surface area contributed by atoms with Crippen LogP contribution in [0.4, 0.5) is 0 Å². The summed E-state index contributed by atoms with van der Waals surface area (Å²) in [6.45, 7) is 3.65. The maximum atomic E-state index is 12.5. The molecular weight excluding hydrogens is 629 g/mol. The average Bonchev–Trinajstić information content (AvgIpc) is 3.07. The SMILES string of the molecule is CCC/C=C\C/C=C\CCCCCCCC(=O)OC(COC(=O)CCCCCCCCCCCCCCCC)COP(=O)(O)OCCN. The molecule has 9 nitrogen and oxygen atoms in total. The lowest BCUT2D eigenvalue weighted by Crippen LogP contribution is -2.29. The van der Waals surface area contributed by atoms with Gasteiger partial charge in [0.2, 0.25) is 0 Å². The molecule has 0 aromatic rings. The van der Waals surface area contributed by atoms with Crippen molar-refractivity contribution in [1.29, 1.82) is 0 Å². The molecule has 10 heteroatoms. The van der Waals surface area contributed by atoms with Crippen molar-refractivity contribution in [3.63, 3.8) is 0 Å². The Morgan fingerprint density at radius 2 is 1.12 bits per heavy atom. The van der Waals surface area contributed by atoms with Crippen LogP contribution >= 0.6 is 7.82 Å². The van der Waals surface area contributed by atoms with Crippen molar-refractivity contribution in [3.8, 4) is 0 Å². The highest BCUT2D eigenvalue weighted by Gasteiger charge is 2.25. The molecule has 0 aliphatic carbocycles. The van der Waals surface area contributed by atoms with Gasteiger partial charge >= 0.3 is 19.8 Å². The Morgan fingerprint density at radius 3 is 1.67 bits per heavy atom. The molecule has 0 fully saturated rings. The van der Waals surface area contributed by atoms with E-state index in [0.717, 1.165) is 64.2 Å². The number of phosphoric acid groups is 1. The van der Waals surface area contributed by atoms with Crippen LogP contribution in [0.3, 0.4) is 0 Å². The van der Waals surface area contributed by atoms with Gasteiger partial charge in [0.15, 0.2) is 6.10 Å². The van der Waals surface area contributed by atoms with Crippen LogP contribution in [-0.2, 0) is 32.7 Å². The number of esters is 2. The third kappa shape index (κ3) is 34.4. The van der Waals surface area contributed by atoms with Crippen molar-refractivity contribution in [2.75, 3.05) is 26.4 Å². The van der Waals surface area contributed by atoms with E-state index < -0.39 is 26.5 Å². The molecule has 2 atom stereocenters. The molecule has 0 rings (SSSR count). The predicted molar refractivity (Wildman–Crippen MR) is 197 cm³/mol. The molecular formula is C38H72NO8P. The second-order valence-electron chi connectivity index (χ2n) is 12.8. The van der Waals surface area contributed by atoms with Crippen LogP contribution in [0.2, 0.25) is 0 Å². The van der Waals surface area contributed by atoms with Crippen LogP contribution in [0.1, 0.15) is 174 Å². The molecule has 48 heavy (non-hydrogen) atoms. The van der Waals surface area contributed by atoms with Crippen molar-refractivity contribution in [2.45, 2.75) is 180 Å². The van der Waals surface area contributed by atoms with Gasteiger partial charge in [-0.25, -0.2) is 4.57 Å². The first-order chi connectivity index (χ1) is 23.3. The lowest BCUT2D eigenvalue weighted by molar-refractivity contribution is -0.161. The molecule has 0 aliphatic heterocycles. The van der Waals surface area contributed by atoms with Gasteiger partial charge in [-0.1, -0.05) is 147 Å². The van der Waals surface area contributed by atoms with Gasteiger partial charge in [-0.05, 0) is 38.5 Å². The largest absolute Gasteiger partial charge is 0.472 e. The van der Waals surface area contributed by atoms with Gasteiger partial charge in [-0.3, -0.25) is 18.6 Å². The Kier molecular flexibility index (Phi) is 34.2. The minimum Gasteiger partial charge on any atom is -0.462 e.